The average Bonchev–Trinajstić information content (AvgIpc) is 2.35. The van der Waals surface area contributed by atoms with Crippen LogP contribution in [0.5, 0.6) is 0 Å². The van der Waals surface area contributed by atoms with E-state index < -0.39 is 0 Å². The first-order valence-corrected chi connectivity index (χ1v) is 7.18. The first-order valence-electron chi connectivity index (χ1n) is 6.77. The number of nitrogens with two attached hydrogens (primary N) is 1. The summed E-state index contributed by atoms with van der Waals surface area (Å²) in [5.74, 6) is 0. The van der Waals surface area contributed by atoms with E-state index in [1.807, 2.05) is 0 Å². The van der Waals surface area contributed by atoms with Crippen LogP contribution in [0.1, 0.15) is 25.0 Å². The van der Waals surface area contributed by atoms with Crippen molar-refractivity contribution in [1.29, 1.82) is 0 Å². The van der Waals surface area contributed by atoms with Crippen LogP contribution in [0.4, 0.5) is 5.69 Å². The molecule has 2 N–H and O–H groups in total. The molecule has 1 fully saturated rings. The first kappa shape index (κ1) is 14.3. The predicted molar refractivity (Wildman–Crippen MR) is 86.0 cm³/mol. The zero-order valence-corrected chi connectivity index (χ0v) is 13.0. The minimum absolute atomic E-state index is 0.484. The maximum Gasteiger partial charge on any atom is 0.106 e. The fraction of sp³-hybridized carbons (Fsp3) is 0.533. The third kappa shape index (κ3) is 2.90. The summed E-state index contributed by atoms with van der Waals surface area (Å²) in [4.78, 5) is 5.31. The Labute approximate surface area is 121 Å². The maximum absolute atomic E-state index is 5.88. The lowest BCUT2D eigenvalue weighted by molar-refractivity contribution is 0.170. The molecule has 1 saturated heterocycles. The summed E-state index contributed by atoms with van der Waals surface area (Å²) in [7, 11) is 2.19. The van der Waals surface area contributed by atoms with E-state index in [0.29, 0.717) is 17.1 Å². The molecule has 19 heavy (non-hydrogen) atoms. The number of likely N-dealkylation sites (N-methyl/N-ethyl adjacent to an activating group) is 1. The number of benzene rings is 1. The van der Waals surface area contributed by atoms with Crippen LogP contribution in [0.25, 0.3) is 0 Å². The molecule has 1 aliphatic rings. The van der Waals surface area contributed by atoms with Gasteiger partial charge in [0.05, 0.1) is 0 Å². The number of thiocarbonyl (C=S) groups is 1. The summed E-state index contributed by atoms with van der Waals surface area (Å²) >= 11 is 5.20. The van der Waals surface area contributed by atoms with Crippen LogP contribution in [-0.4, -0.2) is 42.1 Å². The van der Waals surface area contributed by atoms with E-state index in [4.69, 9.17) is 18.0 Å². The number of aryl methyl sites for hydroxylation is 1. The number of anilines is 1. The van der Waals surface area contributed by atoms with Gasteiger partial charge in [-0.15, -0.1) is 0 Å². The van der Waals surface area contributed by atoms with E-state index in [9.17, 15) is 0 Å². The Kier molecular flexibility index (Phi) is 4.11. The Morgan fingerprint density at radius 3 is 2.37 bits per heavy atom. The van der Waals surface area contributed by atoms with Crippen LogP contribution in [-0.2, 0) is 0 Å². The molecule has 1 aromatic carbocycles. The van der Waals surface area contributed by atoms with E-state index in [1.54, 1.807) is 0 Å². The number of nitrogens with zero attached hydrogens (tertiary/aromatic N) is 2. The van der Waals surface area contributed by atoms with Gasteiger partial charge in [0.15, 0.2) is 0 Å². The van der Waals surface area contributed by atoms with Gasteiger partial charge in [0.25, 0.3) is 0 Å². The molecule has 1 heterocycles. The van der Waals surface area contributed by atoms with Crippen molar-refractivity contribution in [3.8, 4) is 0 Å². The Bertz CT molecular complexity index is 474. The van der Waals surface area contributed by atoms with Crippen LogP contribution < -0.4 is 10.6 Å². The van der Waals surface area contributed by atoms with E-state index in [2.05, 4.69) is 55.8 Å². The van der Waals surface area contributed by atoms with Gasteiger partial charge in [0.2, 0.25) is 0 Å². The average molecular weight is 277 g/mol. The van der Waals surface area contributed by atoms with Crippen LogP contribution in [0.2, 0.25) is 0 Å². The van der Waals surface area contributed by atoms with Crippen molar-refractivity contribution in [2.45, 2.75) is 32.9 Å². The maximum atomic E-state index is 5.88. The third-order valence-electron chi connectivity index (χ3n) is 4.12. The standard InChI is InChI=1S/C15H23N3S/c1-10-5-6-14(13(7-10)15(16)19)18-8-11(2)17(4)12(3)9-18/h5-7,11-12H,8-9H2,1-4H3,(H2,16,19). The second-order valence-electron chi connectivity index (χ2n) is 5.65. The van der Waals surface area contributed by atoms with Gasteiger partial charge in [0.1, 0.15) is 4.99 Å². The van der Waals surface area contributed by atoms with Gasteiger partial charge in [0, 0.05) is 36.4 Å². The van der Waals surface area contributed by atoms with E-state index in [-0.39, 0.29) is 0 Å². The molecule has 0 aromatic heterocycles. The summed E-state index contributed by atoms with van der Waals surface area (Å²) in [5, 5.41) is 0. The van der Waals surface area contributed by atoms with Crippen molar-refractivity contribution in [2.24, 2.45) is 5.73 Å². The van der Waals surface area contributed by atoms with Gasteiger partial charge in [-0.3, -0.25) is 4.90 Å². The van der Waals surface area contributed by atoms with Crippen LogP contribution in [0.3, 0.4) is 0 Å². The van der Waals surface area contributed by atoms with Crippen molar-refractivity contribution in [2.75, 3.05) is 25.0 Å². The third-order valence-corrected chi connectivity index (χ3v) is 4.34. The lowest BCUT2D eigenvalue weighted by Crippen LogP contribution is -2.55. The number of hydrogen-bond acceptors (Lipinski definition) is 3. The molecule has 1 aliphatic heterocycles. The molecule has 3 nitrogen and oxygen atoms in total. The van der Waals surface area contributed by atoms with E-state index in [1.165, 1.54) is 11.3 Å². The molecule has 0 amide bonds. The zero-order valence-electron chi connectivity index (χ0n) is 12.2. The Morgan fingerprint density at radius 1 is 1.26 bits per heavy atom. The quantitative estimate of drug-likeness (QED) is 0.840. The Balaban J connectivity index is 2.34. The molecule has 2 unspecified atom stereocenters. The largest absolute Gasteiger partial charge is 0.389 e. The summed E-state index contributed by atoms with van der Waals surface area (Å²) < 4.78 is 0. The van der Waals surface area contributed by atoms with Gasteiger partial charge in [-0.25, -0.2) is 0 Å². The monoisotopic (exact) mass is 277 g/mol. The molecular weight excluding hydrogens is 254 g/mol. The van der Waals surface area contributed by atoms with E-state index in [0.717, 1.165) is 18.7 Å². The summed E-state index contributed by atoms with van der Waals surface area (Å²) in [6, 6.07) is 7.43. The fourth-order valence-corrected chi connectivity index (χ4v) is 2.89. The second kappa shape index (κ2) is 5.47. The smallest absolute Gasteiger partial charge is 0.106 e. The normalized spacial score (nSPS) is 24.5. The molecule has 0 saturated carbocycles. The Hall–Kier alpha value is -1.13. The topological polar surface area (TPSA) is 32.5 Å². The van der Waals surface area contributed by atoms with Gasteiger partial charge in [-0.05, 0) is 40.0 Å². The minimum Gasteiger partial charge on any atom is -0.389 e. The van der Waals surface area contributed by atoms with Crippen LogP contribution in [0, 0.1) is 6.92 Å². The van der Waals surface area contributed by atoms with E-state index >= 15 is 0 Å². The summed E-state index contributed by atoms with van der Waals surface area (Å²) in [6.45, 7) is 8.62. The summed E-state index contributed by atoms with van der Waals surface area (Å²) in [5.41, 5.74) is 9.25. The van der Waals surface area contributed by atoms with Gasteiger partial charge in [-0.1, -0.05) is 23.8 Å². The van der Waals surface area contributed by atoms with Crippen molar-refractivity contribution in [3.63, 3.8) is 0 Å². The molecule has 2 rings (SSSR count). The molecule has 2 atom stereocenters. The molecule has 0 aliphatic carbocycles. The molecular formula is C15H23N3S. The lowest BCUT2D eigenvalue weighted by Gasteiger charge is -2.44. The van der Waals surface area contributed by atoms with Crippen molar-refractivity contribution in [3.05, 3.63) is 29.3 Å². The van der Waals surface area contributed by atoms with Crippen LogP contribution in [0.15, 0.2) is 18.2 Å². The number of piperazine rings is 1. The zero-order chi connectivity index (χ0) is 14.2. The predicted octanol–water partition coefficient (Wildman–Crippen LogP) is 2.16. The number of rotatable bonds is 2. The highest BCUT2D eigenvalue weighted by molar-refractivity contribution is 7.80. The van der Waals surface area contributed by atoms with Gasteiger partial charge >= 0.3 is 0 Å². The Morgan fingerprint density at radius 2 is 1.84 bits per heavy atom. The summed E-state index contributed by atoms with van der Waals surface area (Å²) in [6.07, 6.45) is 0. The van der Waals surface area contributed by atoms with Crippen LogP contribution >= 0.6 is 12.2 Å². The number of hydrogen-bond donors (Lipinski definition) is 1. The van der Waals surface area contributed by atoms with Crippen molar-refractivity contribution in [1.82, 2.24) is 4.90 Å². The molecule has 104 valence electrons. The van der Waals surface area contributed by atoms with Crippen molar-refractivity contribution >= 4 is 22.9 Å². The minimum atomic E-state index is 0.484. The molecule has 0 bridgehead atoms. The lowest BCUT2D eigenvalue weighted by atomic mass is 10.0. The molecule has 0 spiro atoms. The van der Waals surface area contributed by atoms with Gasteiger partial charge in [-0.2, -0.15) is 0 Å². The SMILES string of the molecule is Cc1ccc(N2CC(C)N(C)C(C)C2)c(C(N)=S)c1. The van der Waals surface area contributed by atoms with Crippen molar-refractivity contribution < 1.29 is 0 Å². The highest BCUT2D eigenvalue weighted by atomic mass is 32.1. The molecule has 1 aromatic rings. The molecule has 4 heteroatoms. The first-order chi connectivity index (χ1) is 8.90. The fourth-order valence-electron chi connectivity index (χ4n) is 2.72. The second-order valence-corrected chi connectivity index (χ2v) is 6.09. The van der Waals surface area contributed by atoms with Gasteiger partial charge < -0.3 is 10.6 Å². The highest BCUT2D eigenvalue weighted by Gasteiger charge is 2.27. The highest BCUT2D eigenvalue weighted by Crippen LogP contribution is 2.26. The molecule has 0 radical (unpaired) electrons.